The molecule has 0 aliphatic carbocycles. The lowest BCUT2D eigenvalue weighted by molar-refractivity contribution is -0.140. The summed E-state index contributed by atoms with van der Waals surface area (Å²) >= 11 is 0. The average Bonchev–Trinajstić information content (AvgIpc) is 2.94. The van der Waals surface area contributed by atoms with Crippen LogP contribution in [0.25, 0.3) is 11.1 Å². The van der Waals surface area contributed by atoms with E-state index in [9.17, 15) is 36.2 Å². The first kappa shape index (κ1) is 32.4. The molecule has 1 aliphatic heterocycles. The van der Waals surface area contributed by atoms with E-state index in [4.69, 9.17) is 4.74 Å². The van der Waals surface area contributed by atoms with E-state index in [1.807, 2.05) is 26.0 Å². The quantitative estimate of drug-likeness (QED) is 0.247. The van der Waals surface area contributed by atoms with E-state index in [0.29, 0.717) is 48.3 Å². The first-order valence-electron chi connectivity index (χ1n) is 14.2. The van der Waals surface area contributed by atoms with Gasteiger partial charge in [0, 0.05) is 13.1 Å². The Labute approximate surface area is 247 Å². The van der Waals surface area contributed by atoms with Crippen LogP contribution in [-0.4, -0.2) is 36.2 Å². The molecule has 10 heteroatoms. The van der Waals surface area contributed by atoms with Crippen molar-refractivity contribution in [3.63, 3.8) is 0 Å². The van der Waals surface area contributed by atoms with Gasteiger partial charge in [0.2, 0.25) is 0 Å². The van der Waals surface area contributed by atoms with Gasteiger partial charge in [-0.05, 0) is 89.7 Å². The second-order valence-corrected chi connectivity index (χ2v) is 11.6. The maximum absolute atomic E-state index is 13.6. The highest BCUT2D eigenvalue weighted by Gasteiger charge is 2.35. The number of benzene rings is 3. The molecule has 0 saturated carbocycles. The number of ether oxygens (including phenoxy) is 1. The Morgan fingerprint density at radius 1 is 0.953 bits per heavy atom. The molecule has 1 N–H and O–H groups in total. The van der Waals surface area contributed by atoms with Crippen molar-refractivity contribution in [2.24, 2.45) is 5.92 Å². The van der Waals surface area contributed by atoms with Gasteiger partial charge < -0.3 is 9.84 Å². The van der Waals surface area contributed by atoms with Gasteiger partial charge in [-0.3, -0.25) is 9.69 Å². The van der Waals surface area contributed by atoms with Gasteiger partial charge in [-0.25, -0.2) is 0 Å². The summed E-state index contributed by atoms with van der Waals surface area (Å²) in [5.74, 6) is -1.97. The highest BCUT2D eigenvalue weighted by atomic mass is 19.4. The summed E-state index contributed by atoms with van der Waals surface area (Å²) < 4.78 is 85.2. The Bertz CT molecular complexity index is 1420. The first-order valence-corrected chi connectivity index (χ1v) is 14.2. The van der Waals surface area contributed by atoms with Crippen molar-refractivity contribution in [2.45, 2.75) is 63.8 Å². The van der Waals surface area contributed by atoms with Gasteiger partial charge >= 0.3 is 18.3 Å². The Kier molecular flexibility index (Phi) is 9.79. The molecule has 0 spiro atoms. The van der Waals surface area contributed by atoms with Gasteiger partial charge in [-0.1, -0.05) is 50.2 Å². The number of hydrogen-bond donors (Lipinski definition) is 1. The summed E-state index contributed by atoms with van der Waals surface area (Å²) in [5.41, 5.74) is 1.49. The standard InChI is InChI=1S/C33H35F6NO3/c1-20(2)13-28(31(41)42)26-16-24(22-7-9-27(10-8-22)32(34,35)36)15-25(17-26)23-5-4-12-40(19-23)18-21-6-11-30(43-3)29(14-21)33(37,38)39/h6-11,14-17,20,23,28H,4-5,12-13,18-19H2,1-3H3,(H,41,42). The van der Waals surface area contributed by atoms with Gasteiger partial charge in [0.25, 0.3) is 0 Å². The zero-order chi connectivity index (χ0) is 31.5. The Morgan fingerprint density at radius 2 is 1.65 bits per heavy atom. The topological polar surface area (TPSA) is 49.8 Å². The summed E-state index contributed by atoms with van der Waals surface area (Å²) in [6.07, 6.45) is -7.09. The fourth-order valence-corrected chi connectivity index (χ4v) is 5.79. The molecule has 2 unspecified atom stereocenters. The van der Waals surface area contributed by atoms with Crippen LogP contribution in [0.1, 0.15) is 72.8 Å². The zero-order valence-corrected chi connectivity index (χ0v) is 24.2. The number of likely N-dealkylation sites (tertiary alicyclic amines) is 1. The molecule has 4 rings (SSSR count). The molecular formula is C33H35F6NO3. The number of carbonyl (C=O) groups is 1. The number of hydrogen-bond acceptors (Lipinski definition) is 3. The van der Waals surface area contributed by atoms with E-state index in [1.54, 1.807) is 12.1 Å². The molecule has 3 aromatic carbocycles. The van der Waals surface area contributed by atoms with Crippen molar-refractivity contribution in [2.75, 3.05) is 20.2 Å². The second-order valence-electron chi connectivity index (χ2n) is 11.6. The van der Waals surface area contributed by atoms with Crippen molar-refractivity contribution in [3.8, 4) is 16.9 Å². The lowest BCUT2D eigenvalue weighted by Crippen LogP contribution is -2.34. The van der Waals surface area contributed by atoms with Crippen molar-refractivity contribution < 1.29 is 41.0 Å². The molecule has 1 aliphatic rings. The van der Waals surface area contributed by atoms with Crippen LogP contribution >= 0.6 is 0 Å². The number of carboxylic acids is 1. The molecule has 2 atom stereocenters. The summed E-state index contributed by atoms with van der Waals surface area (Å²) in [6.45, 7) is 5.36. The highest BCUT2D eigenvalue weighted by Crippen LogP contribution is 2.39. The number of alkyl halides is 6. The third kappa shape index (κ3) is 8.10. The monoisotopic (exact) mass is 607 g/mol. The zero-order valence-electron chi connectivity index (χ0n) is 24.2. The summed E-state index contributed by atoms with van der Waals surface area (Å²) in [5, 5.41) is 10.1. The molecule has 1 fully saturated rings. The van der Waals surface area contributed by atoms with Crippen molar-refractivity contribution in [1.82, 2.24) is 4.90 Å². The minimum Gasteiger partial charge on any atom is -0.496 e. The number of aliphatic carboxylic acids is 1. The molecule has 43 heavy (non-hydrogen) atoms. The summed E-state index contributed by atoms with van der Waals surface area (Å²) in [4.78, 5) is 14.4. The van der Waals surface area contributed by atoms with E-state index in [1.165, 1.54) is 25.3 Å². The smallest absolute Gasteiger partial charge is 0.419 e. The van der Waals surface area contributed by atoms with Crippen molar-refractivity contribution in [1.29, 1.82) is 0 Å². The Balaban J connectivity index is 1.67. The average molecular weight is 608 g/mol. The predicted molar refractivity (Wildman–Crippen MR) is 152 cm³/mol. The summed E-state index contributed by atoms with van der Waals surface area (Å²) in [6, 6.07) is 14.3. The number of methoxy groups -OCH3 is 1. The van der Waals surface area contributed by atoms with Crippen LogP contribution in [0.3, 0.4) is 0 Å². The third-order valence-corrected chi connectivity index (χ3v) is 7.88. The number of halogens is 6. The molecular weight excluding hydrogens is 572 g/mol. The SMILES string of the molecule is COc1ccc(CN2CCCC(c3cc(-c4ccc(C(F)(F)F)cc4)cc(C(CC(C)C)C(=O)O)c3)C2)cc1C(F)(F)F. The largest absolute Gasteiger partial charge is 0.496 e. The first-order chi connectivity index (χ1) is 20.2. The van der Waals surface area contributed by atoms with Crippen molar-refractivity contribution >= 4 is 5.97 Å². The second kappa shape index (κ2) is 13.0. The number of nitrogens with zero attached hydrogens (tertiary/aromatic N) is 1. The molecule has 3 aromatic rings. The van der Waals surface area contributed by atoms with E-state index < -0.39 is 35.4 Å². The number of carboxylic acid groups (broad SMARTS) is 1. The van der Waals surface area contributed by atoms with Crippen LogP contribution < -0.4 is 4.74 Å². The molecule has 0 amide bonds. The third-order valence-electron chi connectivity index (χ3n) is 7.88. The van der Waals surface area contributed by atoms with E-state index in [-0.39, 0.29) is 17.6 Å². The molecule has 1 heterocycles. The molecule has 4 nitrogen and oxygen atoms in total. The fourth-order valence-electron chi connectivity index (χ4n) is 5.79. The van der Waals surface area contributed by atoms with Gasteiger partial charge in [-0.15, -0.1) is 0 Å². The molecule has 0 radical (unpaired) electrons. The predicted octanol–water partition coefficient (Wildman–Crippen LogP) is 8.99. The normalized spacial score (nSPS) is 17.2. The highest BCUT2D eigenvalue weighted by molar-refractivity contribution is 5.78. The van der Waals surface area contributed by atoms with Crippen LogP contribution in [0.4, 0.5) is 26.3 Å². The minimum atomic E-state index is -4.56. The maximum atomic E-state index is 13.6. The number of rotatable bonds is 9. The van der Waals surface area contributed by atoms with E-state index in [2.05, 4.69) is 4.90 Å². The Hall–Kier alpha value is -3.53. The minimum absolute atomic E-state index is 0.0456. The number of piperidine rings is 1. The lowest BCUT2D eigenvalue weighted by Gasteiger charge is -2.34. The molecule has 1 saturated heterocycles. The Morgan fingerprint density at radius 3 is 2.23 bits per heavy atom. The van der Waals surface area contributed by atoms with Gasteiger partial charge in [-0.2, -0.15) is 26.3 Å². The molecule has 232 valence electrons. The van der Waals surface area contributed by atoms with E-state index >= 15 is 0 Å². The summed E-state index contributed by atoms with van der Waals surface area (Å²) in [7, 11) is 1.20. The van der Waals surface area contributed by atoms with Crippen molar-refractivity contribution in [3.05, 3.63) is 88.5 Å². The van der Waals surface area contributed by atoms with Crippen LogP contribution in [0.15, 0.2) is 60.7 Å². The van der Waals surface area contributed by atoms with Gasteiger partial charge in [0.15, 0.2) is 0 Å². The fraction of sp³-hybridized carbons (Fsp3) is 0.424. The van der Waals surface area contributed by atoms with Crippen LogP contribution in [0.2, 0.25) is 0 Å². The maximum Gasteiger partial charge on any atom is 0.419 e. The van der Waals surface area contributed by atoms with Crippen LogP contribution in [-0.2, 0) is 23.7 Å². The van der Waals surface area contributed by atoms with Gasteiger partial charge in [0.05, 0.1) is 24.2 Å². The van der Waals surface area contributed by atoms with E-state index in [0.717, 1.165) is 36.6 Å². The molecule has 0 bridgehead atoms. The lowest BCUT2D eigenvalue weighted by atomic mass is 9.83. The van der Waals surface area contributed by atoms with Crippen LogP contribution in [0, 0.1) is 5.92 Å². The van der Waals surface area contributed by atoms with Crippen LogP contribution in [0.5, 0.6) is 5.75 Å². The molecule has 0 aromatic heterocycles. The van der Waals surface area contributed by atoms with Gasteiger partial charge in [0.1, 0.15) is 5.75 Å².